The van der Waals surface area contributed by atoms with Crippen LogP contribution >= 0.6 is 51.5 Å². The Hall–Kier alpha value is -1.71. The third-order valence-electron chi connectivity index (χ3n) is 3.60. The summed E-state index contributed by atoms with van der Waals surface area (Å²) in [5, 5.41) is 23.3. The maximum atomic E-state index is 11.0. The summed E-state index contributed by atoms with van der Waals surface area (Å²) in [5.41, 5.74) is 1.91. The monoisotopic (exact) mass is 489 g/mol. The minimum atomic E-state index is -0.441. The first kappa shape index (κ1) is 21.6. The van der Waals surface area contributed by atoms with E-state index in [1.165, 1.54) is 23.5 Å². The molecule has 0 saturated heterocycles. The number of hydrogen-bond acceptors (Lipinski definition) is 5. The van der Waals surface area contributed by atoms with Gasteiger partial charge in [0, 0.05) is 34.6 Å². The molecule has 0 aliphatic heterocycles. The lowest BCUT2D eigenvalue weighted by molar-refractivity contribution is -0.384. The van der Waals surface area contributed by atoms with Crippen molar-refractivity contribution in [2.24, 2.45) is 4.99 Å². The fourth-order valence-electron chi connectivity index (χ4n) is 2.42. The average molecular weight is 491 g/mol. The van der Waals surface area contributed by atoms with Gasteiger partial charge < -0.3 is 9.67 Å². The van der Waals surface area contributed by atoms with Gasteiger partial charge in [-0.1, -0.05) is 35.3 Å². The molecule has 0 atom stereocenters. The zero-order valence-electron chi connectivity index (χ0n) is 13.7. The van der Waals surface area contributed by atoms with E-state index in [0.29, 0.717) is 32.6 Å². The number of hydrogen-bond donors (Lipinski definition) is 1. The lowest BCUT2D eigenvalue weighted by Gasteiger charge is -2.07. The first-order valence-corrected chi connectivity index (χ1v) is 9.17. The largest absolute Gasteiger partial charge is 0.395 e. The highest BCUT2D eigenvalue weighted by Crippen LogP contribution is 2.29. The Kier molecular flexibility index (Phi) is 7.58. The topological polar surface area (TPSA) is 80.7 Å². The Bertz CT molecular complexity index is 1040. The van der Waals surface area contributed by atoms with Gasteiger partial charge in [-0.05, 0) is 18.2 Å². The van der Waals surface area contributed by atoms with Gasteiger partial charge in [0.15, 0.2) is 4.80 Å². The minimum absolute atomic E-state index is 0. The average Bonchev–Trinajstić information content (AvgIpc) is 3.01. The molecule has 2 aromatic carbocycles. The molecule has 0 unspecified atom stereocenters. The van der Waals surface area contributed by atoms with E-state index in [2.05, 4.69) is 4.99 Å². The van der Waals surface area contributed by atoms with Crippen molar-refractivity contribution in [3.05, 3.63) is 72.8 Å². The quantitative estimate of drug-likeness (QED) is 0.392. The second-order valence-electron chi connectivity index (χ2n) is 5.29. The Morgan fingerprint density at radius 3 is 2.70 bits per heavy atom. The van der Waals surface area contributed by atoms with E-state index in [9.17, 15) is 15.2 Å². The van der Waals surface area contributed by atoms with Gasteiger partial charge in [0.1, 0.15) is 0 Å². The number of halogens is 3. The molecular weight excluding hydrogens is 477 g/mol. The Morgan fingerprint density at radius 1 is 1.22 bits per heavy atom. The lowest BCUT2D eigenvalue weighted by atomic mass is 10.1. The van der Waals surface area contributed by atoms with E-state index in [4.69, 9.17) is 23.2 Å². The van der Waals surface area contributed by atoms with Crippen LogP contribution in [0.4, 0.5) is 11.4 Å². The highest BCUT2D eigenvalue weighted by Gasteiger charge is 2.12. The van der Waals surface area contributed by atoms with E-state index in [1.54, 1.807) is 34.9 Å². The minimum Gasteiger partial charge on any atom is -0.395 e. The fraction of sp³-hybridized carbons (Fsp3) is 0.118. The van der Waals surface area contributed by atoms with Gasteiger partial charge >= 0.3 is 0 Å². The number of aromatic nitrogens is 1. The molecule has 0 fully saturated rings. The van der Waals surface area contributed by atoms with Crippen LogP contribution < -0.4 is 4.80 Å². The zero-order chi connectivity index (χ0) is 18.7. The highest BCUT2D eigenvalue weighted by molar-refractivity contribution is 8.93. The second-order valence-corrected chi connectivity index (χ2v) is 6.97. The van der Waals surface area contributed by atoms with Crippen molar-refractivity contribution < 1.29 is 10.0 Å². The van der Waals surface area contributed by atoms with E-state index in [1.807, 2.05) is 5.38 Å². The summed E-state index contributed by atoms with van der Waals surface area (Å²) < 4.78 is 1.79. The maximum absolute atomic E-state index is 11.0. The van der Waals surface area contributed by atoms with Crippen LogP contribution in [0.1, 0.15) is 0 Å². The molecule has 0 aliphatic carbocycles. The first-order chi connectivity index (χ1) is 12.5. The number of non-ortho nitro benzene ring substituents is 1. The van der Waals surface area contributed by atoms with Crippen LogP contribution in [0.2, 0.25) is 10.0 Å². The predicted octanol–water partition coefficient (Wildman–Crippen LogP) is 5.23. The van der Waals surface area contributed by atoms with Gasteiger partial charge in [-0.15, -0.1) is 28.3 Å². The van der Waals surface area contributed by atoms with Crippen LogP contribution in [0.3, 0.4) is 0 Å². The molecule has 1 aromatic heterocycles. The van der Waals surface area contributed by atoms with E-state index in [0.717, 1.165) is 5.69 Å². The van der Waals surface area contributed by atoms with Crippen molar-refractivity contribution in [3.8, 4) is 11.3 Å². The normalized spacial score (nSPS) is 11.3. The summed E-state index contributed by atoms with van der Waals surface area (Å²) in [6.45, 7) is 0.188. The van der Waals surface area contributed by atoms with Crippen molar-refractivity contribution in [1.29, 1.82) is 0 Å². The molecule has 3 aromatic rings. The van der Waals surface area contributed by atoms with Crippen LogP contribution in [0.25, 0.3) is 11.3 Å². The standard InChI is InChI=1S/C17H13Cl2N3O3S.BrH/c18-12-4-5-14(19)15(9-12)20-17-21(6-7-23)16(10-26-17)11-2-1-3-13(8-11)22(24)25;/h1-5,8-10,23H,6-7H2;1H. The summed E-state index contributed by atoms with van der Waals surface area (Å²) in [7, 11) is 0. The Morgan fingerprint density at radius 2 is 2.00 bits per heavy atom. The summed E-state index contributed by atoms with van der Waals surface area (Å²) in [6.07, 6.45) is 0. The smallest absolute Gasteiger partial charge is 0.270 e. The van der Waals surface area contributed by atoms with Crippen molar-refractivity contribution >= 4 is 62.9 Å². The molecule has 1 heterocycles. The number of nitrogens with zero attached hydrogens (tertiary/aromatic N) is 3. The molecule has 0 bridgehead atoms. The molecule has 0 aliphatic rings. The molecule has 1 N–H and O–H groups in total. The van der Waals surface area contributed by atoms with E-state index in [-0.39, 0.29) is 29.3 Å². The summed E-state index contributed by atoms with van der Waals surface area (Å²) in [4.78, 5) is 15.7. The van der Waals surface area contributed by atoms with Gasteiger partial charge in [-0.2, -0.15) is 0 Å². The van der Waals surface area contributed by atoms with E-state index >= 15 is 0 Å². The van der Waals surface area contributed by atoms with Crippen LogP contribution in [-0.4, -0.2) is 21.2 Å². The predicted molar refractivity (Wildman–Crippen MR) is 113 cm³/mol. The van der Waals surface area contributed by atoms with Crippen molar-refractivity contribution in [1.82, 2.24) is 4.57 Å². The van der Waals surface area contributed by atoms with Crippen molar-refractivity contribution in [2.75, 3.05) is 6.61 Å². The molecule has 0 amide bonds. The Balaban J connectivity index is 0.00000261. The molecule has 27 heavy (non-hydrogen) atoms. The molecule has 0 saturated carbocycles. The van der Waals surface area contributed by atoms with Crippen molar-refractivity contribution in [3.63, 3.8) is 0 Å². The van der Waals surface area contributed by atoms with Gasteiger partial charge in [-0.3, -0.25) is 10.1 Å². The number of rotatable bonds is 5. The van der Waals surface area contributed by atoms with Crippen LogP contribution in [0.5, 0.6) is 0 Å². The lowest BCUT2D eigenvalue weighted by Crippen LogP contribution is -2.17. The van der Waals surface area contributed by atoms with Gasteiger partial charge in [-0.25, -0.2) is 4.99 Å². The fourth-order valence-corrected chi connectivity index (χ4v) is 3.69. The molecule has 142 valence electrons. The summed E-state index contributed by atoms with van der Waals surface area (Å²) in [6, 6.07) is 11.3. The Labute approximate surface area is 179 Å². The number of nitro benzene ring substituents is 1. The number of thiazole rings is 1. The van der Waals surface area contributed by atoms with Crippen LogP contribution in [-0.2, 0) is 6.54 Å². The first-order valence-electron chi connectivity index (χ1n) is 7.53. The van der Waals surface area contributed by atoms with Crippen molar-refractivity contribution in [2.45, 2.75) is 6.54 Å². The number of aliphatic hydroxyl groups excluding tert-OH is 1. The van der Waals surface area contributed by atoms with Crippen LogP contribution in [0.15, 0.2) is 52.8 Å². The SMILES string of the molecule is Br.O=[N+]([O-])c1cccc(-c2csc(=Nc3cc(Cl)ccc3Cl)n2CCO)c1. The molecule has 6 nitrogen and oxygen atoms in total. The third-order valence-corrected chi connectivity index (χ3v) is 5.02. The maximum Gasteiger partial charge on any atom is 0.270 e. The molecule has 0 spiro atoms. The number of aliphatic hydroxyl groups is 1. The number of nitro groups is 1. The second kappa shape index (κ2) is 9.48. The number of benzene rings is 2. The van der Waals surface area contributed by atoms with Gasteiger partial charge in [0.2, 0.25) is 0 Å². The molecular formula is C17H14BrCl2N3O3S. The van der Waals surface area contributed by atoms with Crippen LogP contribution in [0, 0.1) is 10.1 Å². The molecule has 10 heteroatoms. The van der Waals surface area contributed by atoms with Gasteiger partial charge in [0.25, 0.3) is 5.69 Å². The molecule has 3 rings (SSSR count). The summed E-state index contributed by atoms with van der Waals surface area (Å²) >= 11 is 13.5. The zero-order valence-corrected chi connectivity index (χ0v) is 17.8. The molecule has 0 radical (unpaired) electrons. The van der Waals surface area contributed by atoms with Gasteiger partial charge in [0.05, 0.1) is 27.9 Å². The third kappa shape index (κ3) is 4.97. The van der Waals surface area contributed by atoms with E-state index < -0.39 is 4.92 Å². The highest BCUT2D eigenvalue weighted by atomic mass is 79.9. The summed E-state index contributed by atoms with van der Waals surface area (Å²) in [5.74, 6) is 0.